The van der Waals surface area contributed by atoms with Crippen LogP contribution in [0.3, 0.4) is 0 Å². The van der Waals surface area contributed by atoms with Crippen molar-refractivity contribution in [3.8, 4) is 17.2 Å². The lowest BCUT2D eigenvalue weighted by Crippen LogP contribution is -2.38. The van der Waals surface area contributed by atoms with Crippen LogP contribution in [0.15, 0.2) is 65.3 Å². The van der Waals surface area contributed by atoms with Crippen molar-refractivity contribution in [3.05, 3.63) is 66.5 Å². The Kier molecular flexibility index (Phi) is 8.77. The summed E-state index contributed by atoms with van der Waals surface area (Å²) in [6.07, 6.45) is -0.821. The van der Waals surface area contributed by atoms with Gasteiger partial charge < -0.3 is 29.4 Å². The molecule has 41 heavy (non-hydrogen) atoms. The van der Waals surface area contributed by atoms with Crippen LogP contribution in [0.1, 0.15) is 16.8 Å². The minimum Gasteiger partial charge on any atom is -0.495 e. The van der Waals surface area contributed by atoms with E-state index >= 15 is 0 Å². The molecule has 2 aromatic heterocycles. The molecule has 13 heteroatoms. The number of rotatable bonds is 6. The number of fused-ring (bicyclic) bond motifs is 1. The SMILES string of the molecule is COc1ccc(C(=O)N(C)C2CCN(C)C2)cc1Nc1cncc(-c2cc3ccccc3o2)n1.O=C(O)C(F)(F)F. The maximum Gasteiger partial charge on any atom is 0.490 e. The van der Waals surface area contributed by atoms with Gasteiger partial charge in [-0.25, -0.2) is 9.78 Å². The highest BCUT2D eigenvalue weighted by Gasteiger charge is 2.38. The molecule has 1 atom stereocenters. The van der Waals surface area contributed by atoms with Crippen LogP contribution >= 0.6 is 0 Å². The molecule has 1 fully saturated rings. The molecule has 4 aromatic rings. The Morgan fingerprint density at radius 1 is 1.17 bits per heavy atom. The van der Waals surface area contributed by atoms with E-state index < -0.39 is 12.1 Å². The highest BCUT2D eigenvalue weighted by Crippen LogP contribution is 2.31. The highest BCUT2D eigenvalue weighted by atomic mass is 19.4. The van der Waals surface area contributed by atoms with Crippen LogP contribution in [0.5, 0.6) is 5.75 Å². The first-order valence-electron chi connectivity index (χ1n) is 12.5. The third kappa shape index (κ3) is 7.11. The number of carbonyl (C=O) groups excluding carboxylic acids is 1. The van der Waals surface area contributed by atoms with Crippen molar-refractivity contribution in [1.82, 2.24) is 19.8 Å². The van der Waals surface area contributed by atoms with Crippen molar-refractivity contribution in [3.63, 3.8) is 0 Å². The number of furan rings is 1. The zero-order valence-electron chi connectivity index (χ0n) is 22.5. The maximum absolute atomic E-state index is 13.2. The molecule has 0 radical (unpaired) electrons. The van der Waals surface area contributed by atoms with E-state index in [2.05, 4.69) is 27.2 Å². The van der Waals surface area contributed by atoms with Gasteiger partial charge in [0.2, 0.25) is 0 Å². The number of amides is 1. The minimum absolute atomic E-state index is 0.0203. The van der Waals surface area contributed by atoms with E-state index in [1.807, 2.05) is 42.3 Å². The Morgan fingerprint density at radius 3 is 2.54 bits per heavy atom. The summed E-state index contributed by atoms with van der Waals surface area (Å²) in [5, 5.41) is 11.4. The molecule has 216 valence electrons. The number of halogens is 3. The molecule has 10 nitrogen and oxygen atoms in total. The van der Waals surface area contributed by atoms with Crippen LogP contribution in [0, 0.1) is 0 Å². The van der Waals surface area contributed by atoms with E-state index in [1.54, 1.807) is 37.7 Å². The fraction of sp³-hybridized carbons (Fsp3) is 0.286. The van der Waals surface area contributed by atoms with Crippen LogP contribution in [0.25, 0.3) is 22.4 Å². The number of carboxylic acid groups (broad SMARTS) is 1. The van der Waals surface area contributed by atoms with Crippen LogP contribution in [0.4, 0.5) is 24.7 Å². The number of nitrogens with one attached hydrogen (secondary N) is 1. The third-order valence-electron chi connectivity index (χ3n) is 6.50. The molecule has 1 saturated heterocycles. The lowest BCUT2D eigenvalue weighted by Gasteiger charge is -2.25. The number of methoxy groups -OCH3 is 1. The molecule has 5 rings (SSSR count). The van der Waals surface area contributed by atoms with Crippen molar-refractivity contribution in [1.29, 1.82) is 0 Å². The van der Waals surface area contributed by atoms with Crippen molar-refractivity contribution in [2.45, 2.75) is 18.6 Å². The molecule has 1 amide bonds. The van der Waals surface area contributed by atoms with Crippen LogP contribution in [0.2, 0.25) is 0 Å². The van der Waals surface area contributed by atoms with Crippen molar-refractivity contribution >= 4 is 34.4 Å². The molecule has 0 bridgehead atoms. The summed E-state index contributed by atoms with van der Waals surface area (Å²) in [5.41, 5.74) is 2.63. The summed E-state index contributed by atoms with van der Waals surface area (Å²) in [6, 6.07) is 15.3. The molecular weight excluding hydrogens is 543 g/mol. The Morgan fingerprint density at radius 2 is 1.90 bits per heavy atom. The predicted molar refractivity (Wildman–Crippen MR) is 145 cm³/mol. The number of carboxylic acids is 1. The average molecular weight is 572 g/mol. The summed E-state index contributed by atoms with van der Waals surface area (Å²) in [5.74, 6) is -1.01. The lowest BCUT2D eigenvalue weighted by atomic mass is 10.1. The first-order valence-corrected chi connectivity index (χ1v) is 12.5. The summed E-state index contributed by atoms with van der Waals surface area (Å²) >= 11 is 0. The second kappa shape index (κ2) is 12.3. The van der Waals surface area contributed by atoms with E-state index in [9.17, 15) is 18.0 Å². The number of alkyl halides is 3. The van der Waals surface area contributed by atoms with Crippen molar-refractivity contribution in [2.75, 3.05) is 39.6 Å². The van der Waals surface area contributed by atoms with Gasteiger partial charge in [0.25, 0.3) is 5.91 Å². The fourth-order valence-corrected chi connectivity index (χ4v) is 4.33. The molecule has 2 N–H and O–H groups in total. The number of anilines is 2. The quantitative estimate of drug-likeness (QED) is 0.327. The monoisotopic (exact) mass is 571 g/mol. The van der Waals surface area contributed by atoms with E-state index in [-0.39, 0.29) is 11.9 Å². The largest absolute Gasteiger partial charge is 0.495 e. The van der Waals surface area contributed by atoms with Gasteiger partial charge in [0.1, 0.15) is 22.8 Å². The number of carbonyl (C=O) groups is 2. The number of benzene rings is 2. The molecule has 3 heterocycles. The third-order valence-corrected chi connectivity index (χ3v) is 6.50. The van der Waals surface area contributed by atoms with Gasteiger partial charge in [-0.05, 0) is 50.3 Å². The van der Waals surface area contributed by atoms with Crippen molar-refractivity contribution in [2.24, 2.45) is 0 Å². The number of para-hydroxylation sites is 1. The molecule has 0 spiro atoms. The van der Waals surface area contributed by atoms with Gasteiger partial charge in [-0.1, -0.05) is 18.2 Å². The Labute approximate surface area is 233 Å². The van der Waals surface area contributed by atoms with Gasteiger partial charge >= 0.3 is 12.1 Å². The zero-order valence-corrected chi connectivity index (χ0v) is 22.5. The Bertz CT molecular complexity index is 1510. The van der Waals surface area contributed by atoms with E-state index in [4.69, 9.17) is 19.1 Å². The van der Waals surface area contributed by atoms with Gasteiger partial charge in [0, 0.05) is 30.6 Å². The number of hydrogen-bond acceptors (Lipinski definition) is 8. The molecule has 1 aliphatic rings. The fourth-order valence-electron chi connectivity index (χ4n) is 4.33. The predicted octanol–water partition coefficient (Wildman–Crippen LogP) is 5.05. The first kappa shape index (κ1) is 29.3. The number of nitrogens with zero attached hydrogens (tertiary/aromatic N) is 4. The van der Waals surface area contributed by atoms with Gasteiger partial charge in [-0.2, -0.15) is 13.2 Å². The summed E-state index contributed by atoms with van der Waals surface area (Å²) in [6.45, 7) is 1.88. The highest BCUT2D eigenvalue weighted by molar-refractivity contribution is 5.96. The maximum atomic E-state index is 13.2. The van der Waals surface area contributed by atoms with Crippen LogP contribution in [-0.2, 0) is 4.79 Å². The smallest absolute Gasteiger partial charge is 0.490 e. The van der Waals surface area contributed by atoms with Gasteiger partial charge in [0.05, 0.1) is 25.2 Å². The first-order chi connectivity index (χ1) is 19.5. The molecule has 2 aromatic carbocycles. The molecule has 0 aliphatic carbocycles. The number of likely N-dealkylation sites (tertiary alicyclic amines) is 1. The second-order valence-electron chi connectivity index (χ2n) is 9.40. The van der Waals surface area contributed by atoms with Crippen molar-refractivity contribution < 1.29 is 37.0 Å². The molecule has 1 unspecified atom stereocenters. The van der Waals surface area contributed by atoms with Gasteiger partial charge in [-0.3, -0.25) is 9.78 Å². The standard InChI is InChI=1S/C26H27N5O3.C2HF3O2/c1-30-11-10-19(16-30)31(2)26(32)18-8-9-23(33-3)20(12-18)28-25-15-27-14-21(29-25)24-13-17-6-4-5-7-22(17)34-24;3-2(4,5)1(6)7/h4-9,12-15,19H,10-11,16H2,1-3H3,(H,28,29);(H,6,7). The normalized spacial score (nSPS) is 15.2. The van der Waals surface area contributed by atoms with Crippen LogP contribution < -0.4 is 10.1 Å². The lowest BCUT2D eigenvalue weighted by molar-refractivity contribution is -0.192. The zero-order chi connectivity index (χ0) is 29.7. The topological polar surface area (TPSA) is 121 Å². The average Bonchev–Trinajstić information content (AvgIpc) is 3.58. The van der Waals surface area contributed by atoms with Crippen LogP contribution in [-0.4, -0.2) is 83.3 Å². The second-order valence-corrected chi connectivity index (χ2v) is 9.40. The van der Waals surface area contributed by atoms with Gasteiger partial charge in [0.15, 0.2) is 5.76 Å². The number of likely N-dealkylation sites (N-methyl/N-ethyl adjacent to an activating group) is 2. The molecule has 0 saturated carbocycles. The molecular formula is C28H28F3N5O5. The Balaban J connectivity index is 0.000000493. The number of ether oxygens (including phenoxy) is 1. The summed E-state index contributed by atoms with van der Waals surface area (Å²) in [4.78, 5) is 35.1. The summed E-state index contributed by atoms with van der Waals surface area (Å²) in [7, 11) is 5.54. The number of aliphatic carboxylic acids is 1. The number of hydrogen-bond donors (Lipinski definition) is 2. The van der Waals surface area contributed by atoms with E-state index in [0.29, 0.717) is 34.3 Å². The van der Waals surface area contributed by atoms with E-state index in [1.165, 1.54) is 0 Å². The summed E-state index contributed by atoms with van der Waals surface area (Å²) < 4.78 is 43.2. The number of aromatic nitrogens is 2. The Hall–Kier alpha value is -4.65. The molecule has 1 aliphatic heterocycles. The van der Waals surface area contributed by atoms with Gasteiger partial charge in [-0.15, -0.1) is 0 Å². The minimum atomic E-state index is -5.08. The van der Waals surface area contributed by atoms with E-state index in [0.717, 1.165) is 30.5 Å².